The molecule has 1 aromatic heterocycles. The second-order valence-corrected chi connectivity index (χ2v) is 6.13. The molecule has 3 rings (SSSR count). The quantitative estimate of drug-likeness (QED) is 0.704. The number of carbonyl (C=O) groups excluding carboxylic acids is 2. The van der Waals surface area contributed by atoms with Crippen LogP contribution in [0.5, 0.6) is 0 Å². The summed E-state index contributed by atoms with van der Waals surface area (Å²) in [5.74, 6) is -2.21. The van der Waals surface area contributed by atoms with Crippen molar-refractivity contribution in [3.8, 4) is 0 Å². The molecule has 0 radical (unpaired) electrons. The van der Waals surface area contributed by atoms with Crippen molar-refractivity contribution in [2.75, 3.05) is 5.32 Å². The van der Waals surface area contributed by atoms with Crippen LogP contribution in [0.25, 0.3) is 0 Å². The van der Waals surface area contributed by atoms with Crippen LogP contribution in [0.15, 0.2) is 65.6 Å². The van der Waals surface area contributed by atoms with E-state index in [1.165, 1.54) is 12.1 Å². The lowest BCUT2D eigenvalue weighted by Crippen LogP contribution is -2.37. The first-order valence-corrected chi connectivity index (χ1v) is 8.50. The van der Waals surface area contributed by atoms with Gasteiger partial charge in [-0.25, -0.2) is 18.5 Å². The number of amides is 2. The molecule has 0 fully saturated rings. The molecule has 1 heterocycles. The summed E-state index contributed by atoms with van der Waals surface area (Å²) in [7, 11) is 0. The highest BCUT2D eigenvalue weighted by atomic mass is 35.5. The van der Waals surface area contributed by atoms with Crippen molar-refractivity contribution in [1.82, 2.24) is 14.9 Å². The molecule has 0 saturated heterocycles. The summed E-state index contributed by atoms with van der Waals surface area (Å²) >= 11 is 5.79. The Morgan fingerprint density at radius 3 is 2.43 bits per heavy atom. The highest BCUT2D eigenvalue weighted by molar-refractivity contribution is 6.30. The number of carbonyl (C=O) groups is 2. The lowest BCUT2D eigenvalue weighted by molar-refractivity contribution is 0.102. The molecule has 2 amide bonds. The maximum Gasteiger partial charge on any atom is 0.358 e. The van der Waals surface area contributed by atoms with E-state index in [4.69, 9.17) is 11.6 Å². The van der Waals surface area contributed by atoms with E-state index in [2.05, 4.69) is 15.6 Å². The van der Waals surface area contributed by atoms with E-state index in [1.807, 2.05) is 0 Å². The van der Waals surface area contributed by atoms with Gasteiger partial charge in [0.1, 0.15) is 0 Å². The number of anilines is 1. The number of nitrogens with one attached hydrogen (secondary N) is 2. The maximum absolute atomic E-state index is 14.2. The molecule has 0 aliphatic carbocycles. The van der Waals surface area contributed by atoms with Gasteiger partial charge in [0.05, 0.1) is 6.20 Å². The van der Waals surface area contributed by atoms with Crippen LogP contribution in [0.1, 0.15) is 15.9 Å². The zero-order chi connectivity index (χ0) is 20.1. The number of benzene rings is 2. The molecular formula is C19H14ClFN4O3. The van der Waals surface area contributed by atoms with Gasteiger partial charge >= 0.3 is 11.7 Å². The van der Waals surface area contributed by atoms with E-state index in [0.29, 0.717) is 15.8 Å². The van der Waals surface area contributed by atoms with Crippen molar-refractivity contribution >= 4 is 29.4 Å². The average molecular weight is 401 g/mol. The van der Waals surface area contributed by atoms with Crippen molar-refractivity contribution < 1.29 is 14.0 Å². The van der Waals surface area contributed by atoms with Crippen LogP contribution in [0.3, 0.4) is 0 Å². The summed E-state index contributed by atoms with van der Waals surface area (Å²) in [5.41, 5.74) is -0.0158. The van der Waals surface area contributed by atoms with Gasteiger partial charge in [0.25, 0.3) is 5.91 Å². The van der Waals surface area contributed by atoms with Gasteiger partial charge in [0, 0.05) is 17.1 Å². The predicted octanol–water partition coefficient (Wildman–Crippen LogP) is 3.05. The molecule has 0 aliphatic rings. The fourth-order valence-electron chi connectivity index (χ4n) is 2.30. The molecule has 2 N–H and O–H groups in total. The Bertz CT molecular complexity index is 1070. The normalized spacial score (nSPS) is 10.4. The number of hydrogen-bond donors (Lipinski definition) is 2. The van der Waals surface area contributed by atoms with Crippen LogP contribution < -0.4 is 16.3 Å². The Morgan fingerprint density at radius 2 is 1.75 bits per heavy atom. The molecule has 0 bridgehead atoms. The molecule has 28 heavy (non-hydrogen) atoms. The number of hydrogen-bond acceptors (Lipinski definition) is 4. The van der Waals surface area contributed by atoms with Gasteiger partial charge in [0.2, 0.25) is 0 Å². The summed E-state index contributed by atoms with van der Waals surface area (Å²) in [6.07, 6.45) is 0.674. The van der Waals surface area contributed by atoms with Crippen LogP contribution in [0, 0.1) is 5.82 Å². The van der Waals surface area contributed by atoms with Crippen molar-refractivity contribution in [3.05, 3.63) is 93.2 Å². The van der Waals surface area contributed by atoms with E-state index in [-0.39, 0.29) is 12.1 Å². The summed E-state index contributed by atoms with van der Waals surface area (Å²) in [6.45, 7) is 0.108. The molecule has 0 unspecified atom stereocenters. The molecular weight excluding hydrogens is 387 g/mol. The third-order valence-electron chi connectivity index (χ3n) is 3.73. The fraction of sp³-hybridized carbons (Fsp3) is 0.0526. The third kappa shape index (κ3) is 4.60. The summed E-state index contributed by atoms with van der Waals surface area (Å²) < 4.78 is 14.7. The van der Waals surface area contributed by atoms with Crippen molar-refractivity contribution in [2.45, 2.75) is 6.54 Å². The first-order chi connectivity index (χ1) is 13.4. The molecule has 9 heteroatoms. The van der Waals surface area contributed by atoms with E-state index in [0.717, 1.165) is 5.56 Å². The first kappa shape index (κ1) is 19.2. The highest BCUT2D eigenvalue weighted by Crippen LogP contribution is 2.11. The minimum Gasteiger partial charge on any atom is -0.333 e. The number of rotatable bonds is 4. The number of halogens is 2. The molecule has 7 nitrogen and oxygen atoms in total. The van der Waals surface area contributed by atoms with Gasteiger partial charge in [-0.05, 0) is 29.8 Å². The minimum atomic E-state index is -1.03. The SMILES string of the molecule is O=C(Nc1nc(=O)n(C(=O)NCc2ccc(Cl)cc2)cc1F)c1ccccc1. The molecule has 142 valence electrons. The van der Waals surface area contributed by atoms with Gasteiger partial charge in [-0.3, -0.25) is 4.79 Å². The van der Waals surface area contributed by atoms with Crippen LogP contribution in [0.4, 0.5) is 15.0 Å². The van der Waals surface area contributed by atoms with Crippen LogP contribution >= 0.6 is 11.6 Å². The van der Waals surface area contributed by atoms with Gasteiger partial charge in [-0.1, -0.05) is 41.9 Å². The zero-order valence-electron chi connectivity index (χ0n) is 14.4. The second kappa shape index (κ2) is 8.45. The lowest BCUT2D eigenvalue weighted by atomic mass is 10.2. The largest absolute Gasteiger partial charge is 0.358 e. The lowest BCUT2D eigenvalue weighted by Gasteiger charge is -2.09. The smallest absolute Gasteiger partial charge is 0.333 e. The summed E-state index contributed by atoms with van der Waals surface area (Å²) in [5, 5.41) is 5.24. The Kier molecular flexibility index (Phi) is 5.81. The van der Waals surface area contributed by atoms with Gasteiger partial charge < -0.3 is 10.6 Å². The van der Waals surface area contributed by atoms with E-state index in [1.54, 1.807) is 42.5 Å². The maximum atomic E-state index is 14.2. The second-order valence-electron chi connectivity index (χ2n) is 5.70. The van der Waals surface area contributed by atoms with E-state index in [9.17, 15) is 18.8 Å². The Hall–Kier alpha value is -3.52. The van der Waals surface area contributed by atoms with Gasteiger partial charge in [-0.15, -0.1) is 0 Å². The predicted molar refractivity (Wildman–Crippen MR) is 102 cm³/mol. The first-order valence-electron chi connectivity index (χ1n) is 8.12. The van der Waals surface area contributed by atoms with Crippen LogP contribution in [0.2, 0.25) is 5.02 Å². The van der Waals surface area contributed by atoms with Gasteiger partial charge in [0.15, 0.2) is 11.6 Å². The highest BCUT2D eigenvalue weighted by Gasteiger charge is 2.16. The Labute approximate surface area is 163 Å². The van der Waals surface area contributed by atoms with Gasteiger partial charge in [-0.2, -0.15) is 4.98 Å². The third-order valence-corrected chi connectivity index (χ3v) is 3.98. The summed E-state index contributed by atoms with van der Waals surface area (Å²) in [6, 6.07) is 13.9. The monoisotopic (exact) mass is 400 g/mol. The molecule has 0 saturated carbocycles. The average Bonchev–Trinajstić information content (AvgIpc) is 2.70. The van der Waals surface area contributed by atoms with Crippen LogP contribution in [-0.4, -0.2) is 21.5 Å². The Balaban J connectivity index is 1.72. The number of nitrogens with zero attached hydrogens (tertiary/aromatic N) is 2. The van der Waals surface area contributed by atoms with Crippen molar-refractivity contribution in [1.29, 1.82) is 0 Å². The van der Waals surface area contributed by atoms with Crippen molar-refractivity contribution in [2.24, 2.45) is 0 Å². The molecule has 0 spiro atoms. The Morgan fingerprint density at radius 1 is 1.07 bits per heavy atom. The van der Waals surface area contributed by atoms with E-state index >= 15 is 0 Å². The molecule has 3 aromatic rings. The standard InChI is InChI=1S/C19H14ClFN4O3/c20-14-8-6-12(7-9-14)10-22-18(27)25-11-15(21)16(24-19(25)28)23-17(26)13-4-2-1-3-5-13/h1-9,11H,10H2,(H,22,27)(H,23,24,26,28). The van der Waals surface area contributed by atoms with E-state index < -0.39 is 29.3 Å². The topological polar surface area (TPSA) is 93.1 Å². The summed E-state index contributed by atoms with van der Waals surface area (Å²) in [4.78, 5) is 39.7. The van der Waals surface area contributed by atoms with Crippen LogP contribution in [-0.2, 0) is 6.54 Å². The van der Waals surface area contributed by atoms with Crippen molar-refractivity contribution in [3.63, 3.8) is 0 Å². The molecule has 2 aromatic carbocycles. The minimum absolute atomic E-state index is 0.108. The number of aromatic nitrogens is 2. The fourth-order valence-corrected chi connectivity index (χ4v) is 2.43. The molecule has 0 atom stereocenters. The zero-order valence-corrected chi connectivity index (χ0v) is 15.1. The molecule has 0 aliphatic heterocycles.